The van der Waals surface area contributed by atoms with E-state index in [0.717, 1.165) is 97.0 Å². The highest BCUT2D eigenvalue weighted by Gasteiger charge is 2.49. The maximum Gasteiger partial charge on any atom is 0.407 e. The number of H-pyrrole nitrogens is 2. The first-order valence-electron chi connectivity index (χ1n) is 23.9. The topological polar surface area (TPSA) is 192 Å². The Bertz CT molecular complexity index is 2530. The third-order valence-electron chi connectivity index (χ3n) is 15.5. The van der Waals surface area contributed by atoms with E-state index in [1.54, 1.807) is 0 Å². The van der Waals surface area contributed by atoms with E-state index in [0.29, 0.717) is 42.4 Å². The van der Waals surface area contributed by atoms with Crippen LogP contribution in [-0.4, -0.2) is 98.9 Å². The average molecular weight is 901 g/mol. The van der Waals surface area contributed by atoms with Gasteiger partial charge in [0.15, 0.2) is 0 Å². The molecule has 15 heteroatoms. The summed E-state index contributed by atoms with van der Waals surface area (Å²) in [5.41, 5.74) is 10.9. The number of ketones is 1. The van der Waals surface area contributed by atoms with Gasteiger partial charge in [0.1, 0.15) is 29.5 Å². The van der Waals surface area contributed by atoms with E-state index in [1.807, 2.05) is 56.0 Å². The van der Waals surface area contributed by atoms with Crippen LogP contribution in [0.2, 0.25) is 0 Å². The molecule has 6 aliphatic rings. The molecule has 350 valence electrons. The maximum atomic E-state index is 14.1. The summed E-state index contributed by atoms with van der Waals surface area (Å²) in [4.78, 5) is 86.9. The van der Waals surface area contributed by atoms with Crippen molar-refractivity contribution in [3.63, 3.8) is 0 Å². The van der Waals surface area contributed by atoms with Crippen molar-refractivity contribution in [3.05, 3.63) is 82.4 Å². The van der Waals surface area contributed by atoms with E-state index in [2.05, 4.69) is 46.2 Å². The molecule has 66 heavy (non-hydrogen) atoms. The molecule has 0 spiro atoms. The number of likely N-dealkylation sites (tertiary alicyclic amines) is 2. The summed E-state index contributed by atoms with van der Waals surface area (Å²) < 4.78 is 9.66. The lowest BCUT2D eigenvalue weighted by atomic mass is 9.78. The third-order valence-corrected chi connectivity index (χ3v) is 15.5. The summed E-state index contributed by atoms with van der Waals surface area (Å²) in [5, 5.41) is 5.47. The largest absolute Gasteiger partial charge is 0.453 e. The molecule has 8 atom stereocenters. The molecule has 4 heterocycles. The van der Waals surface area contributed by atoms with E-state index >= 15 is 0 Å². The number of Topliss-reactive ketones (excluding diaryl/α,β-unsaturated/α-hetero) is 1. The van der Waals surface area contributed by atoms with Crippen molar-refractivity contribution in [1.29, 1.82) is 0 Å². The number of hydrogen-bond acceptors (Lipinski definition) is 9. The van der Waals surface area contributed by atoms with Crippen LogP contribution >= 0.6 is 0 Å². The van der Waals surface area contributed by atoms with E-state index in [9.17, 15) is 24.0 Å². The number of methoxy groups -OCH3 is 2. The Hall–Kier alpha value is -5.99. The Morgan fingerprint density at radius 2 is 1.30 bits per heavy atom. The van der Waals surface area contributed by atoms with Crippen molar-refractivity contribution >= 4 is 40.9 Å². The lowest BCUT2D eigenvalue weighted by Gasteiger charge is -2.30. The van der Waals surface area contributed by atoms with Gasteiger partial charge in [-0.15, -0.1) is 0 Å². The minimum absolute atomic E-state index is 0.133. The minimum atomic E-state index is -0.728. The highest BCUT2D eigenvalue weighted by Crippen LogP contribution is 2.59. The number of imidazole rings is 2. The quantitative estimate of drug-likeness (QED) is 0.139. The van der Waals surface area contributed by atoms with Crippen LogP contribution in [0.25, 0.3) is 22.4 Å². The first-order valence-corrected chi connectivity index (χ1v) is 23.9. The second-order valence-corrected chi connectivity index (χ2v) is 19.8. The second kappa shape index (κ2) is 18.0. The van der Waals surface area contributed by atoms with E-state index in [1.165, 1.54) is 30.9 Å². The predicted molar refractivity (Wildman–Crippen MR) is 249 cm³/mol. The van der Waals surface area contributed by atoms with Gasteiger partial charge >= 0.3 is 12.2 Å². The van der Waals surface area contributed by atoms with E-state index in [4.69, 9.17) is 19.4 Å². The summed E-state index contributed by atoms with van der Waals surface area (Å²) in [7, 11) is 2.59. The zero-order chi connectivity index (χ0) is 46.7. The minimum Gasteiger partial charge on any atom is -0.453 e. The number of hydrogen-bond donors (Lipinski definition) is 4. The van der Waals surface area contributed by atoms with Crippen LogP contribution in [0, 0.1) is 23.7 Å². The molecule has 15 nitrogen and oxygen atoms in total. The molecular formula is C51H64N8O7. The van der Waals surface area contributed by atoms with Crippen molar-refractivity contribution in [2.75, 3.05) is 27.3 Å². The highest BCUT2D eigenvalue weighted by atomic mass is 16.5. The molecule has 9 rings (SSSR count). The molecule has 0 radical (unpaired) electrons. The van der Waals surface area contributed by atoms with Crippen molar-refractivity contribution in [1.82, 2.24) is 40.4 Å². The normalized spacial score (nSPS) is 26.5. The molecule has 4 unspecified atom stereocenters. The summed E-state index contributed by atoms with van der Waals surface area (Å²) in [5.74, 6) is 1.53. The maximum absolute atomic E-state index is 14.1. The molecule has 3 saturated carbocycles. The Morgan fingerprint density at radius 1 is 0.758 bits per heavy atom. The fourth-order valence-electron chi connectivity index (χ4n) is 12.4. The van der Waals surface area contributed by atoms with Crippen molar-refractivity contribution in [2.45, 2.75) is 128 Å². The van der Waals surface area contributed by atoms with Crippen LogP contribution in [0.3, 0.4) is 0 Å². The summed E-state index contributed by atoms with van der Waals surface area (Å²) in [6.07, 6.45) is 12.4. The van der Waals surface area contributed by atoms with Crippen LogP contribution in [-0.2, 0) is 23.9 Å². The molecule has 4 bridgehead atoms. The number of nitrogens with zero attached hydrogens (tertiary/aromatic N) is 4. The average Bonchev–Trinajstić information content (AvgIpc) is 4.18. The number of nitrogens with one attached hydrogen (secondary N) is 4. The van der Waals surface area contributed by atoms with Crippen LogP contribution in [0.4, 0.5) is 9.59 Å². The fourth-order valence-corrected chi connectivity index (χ4v) is 12.4. The molecular weight excluding hydrogens is 837 g/mol. The standard InChI is InChI=1S/C51H64N8O7/c1-9-30(35-23-52-46(54-35)37-12-10-20-58(37)48(61)43(25(2)3)56-50(63)65-7)40-29-15-14-28(22-29)39(40)27(6)31-16-17-32(42-34-19-18-33(41(31)42)45(34)60)36-24-53-47(55-36)38-13-11-21-59(38)49(62)44(26(4)5)57-51(64)66-8/h9,16-17,23-26,28-29,33-34,37-38,43-44H,1,10-15,18-22H2,2-8H3,(H,52,54)(H,53,55)(H,56,63)(H,57,64)/b39-27+,40-30+/t28?,29?,33?,34?,37-,38-,43-,44-/m0/s1. The summed E-state index contributed by atoms with van der Waals surface area (Å²) in [6, 6.07) is 2.38. The number of carbonyl (C=O) groups excluding carboxylic acids is 5. The molecule has 4 amide bonds. The van der Waals surface area contributed by atoms with E-state index < -0.39 is 24.3 Å². The number of alkyl carbamates (subject to hydrolysis) is 2. The molecule has 1 aromatic carbocycles. The number of ether oxygens (including phenoxy) is 2. The third kappa shape index (κ3) is 7.65. The number of aromatic amines is 2. The van der Waals surface area contributed by atoms with Gasteiger partial charge in [-0.1, -0.05) is 52.5 Å². The number of allylic oxidation sites excluding steroid dienone is 5. The van der Waals surface area contributed by atoms with Gasteiger partial charge < -0.3 is 39.9 Å². The molecule has 5 fully saturated rings. The van der Waals surface area contributed by atoms with Gasteiger partial charge in [0.2, 0.25) is 11.8 Å². The molecule has 3 aromatic rings. The van der Waals surface area contributed by atoms with Gasteiger partial charge in [-0.2, -0.15) is 0 Å². The van der Waals surface area contributed by atoms with Crippen molar-refractivity contribution in [2.24, 2.45) is 23.7 Å². The Labute approximate surface area is 386 Å². The van der Waals surface area contributed by atoms with Crippen molar-refractivity contribution < 1.29 is 33.4 Å². The number of aromatic nitrogens is 4. The lowest BCUT2D eigenvalue weighted by molar-refractivity contribution is -0.136. The Morgan fingerprint density at radius 3 is 1.86 bits per heavy atom. The Balaban J connectivity index is 1.05. The second-order valence-electron chi connectivity index (χ2n) is 19.8. The van der Waals surface area contributed by atoms with Gasteiger partial charge in [0, 0.05) is 36.1 Å². The molecule has 2 aromatic heterocycles. The summed E-state index contributed by atoms with van der Waals surface area (Å²) >= 11 is 0. The SMILES string of the molecule is C=C/C(=C1\C(=C(/C)c2ccc(-c3cnc([C@@H]4CCCN4C(=O)[C@@H](NC(=O)OC)C(C)C)[nH]3)c3c2C2CCC3C2=O)C2CCC1C2)c1cnc([C@@H]2CCCN2C(=O)[C@@H](NC(=O)OC)C(C)C)[nH]1. The first-order chi connectivity index (χ1) is 31.8. The van der Waals surface area contributed by atoms with Crippen LogP contribution in [0.1, 0.15) is 150 Å². The van der Waals surface area contributed by atoms with E-state index in [-0.39, 0.29) is 47.6 Å². The van der Waals surface area contributed by atoms with Gasteiger partial charge in [-0.3, -0.25) is 14.4 Å². The van der Waals surface area contributed by atoms with Crippen LogP contribution in [0.15, 0.2) is 48.3 Å². The zero-order valence-corrected chi connectivity index (χ0v) is 39.3. The monoisotopic (exact) mass is 900 g/mol. The Kier molecular flexibility index (Phi) is 12.3. The number of carbonyl (C=O) groups is 5. The van der Waals surface area contributed by atoms with Crippen LogP contribution in [0.5, 0.6) is 0 Å². The number of rotatable bonds is 12. The van der Waals surface area contributed by atoms with Gasteiger partial charge in [-0.25, -0.2) is 19.6 Å². The lowest BCUT2D eigenvalue weighted by Crippen LogP contribution is -2.51. The molecule has 4 N–H and O–H groups in total. The zero-order valence-electron chi connectivity index (χ0n) is 39.3. The van der Waals surface area contributed by atoms with Crippen LogP contribution < -0.4 is 10.6 Å². The fraction of sp³-hybridized carbons (Fsp3) is 0.549. The molecule has 2 aliphatic heterocycles. The molecule has 4 aliphatic carbocycles. The van der Waals surface area contributed by atoms with Gasteiger partial charge in [-0.05, 0) is 122 Å². The molecule has 2 saturated heterocycles. The summed E-state index contributed by atoms with van der Waals surface area (Å²) in [6.45, 7) is 15.3. The number of fused-ring (bicyclic) bond motifs is 7. The number of benzene rings is 1. The first kappa shape index (κ1) is 45.2. The number of amides is 4. The van der Waals surface area contributed by atoms with Gasteiger partial charge in [0.25, 0.3) is 0 Å². The van der Waals surface area contributed by atoms with Gasteiger partial charge in [0.05, 0.1) is 50.1 Å². The smallest absolute Gasteiger partial charge is 0.407 e. The highest BCUT2D eigenvalue weighted by molar-refractivity contribution is 6.03. The predicted octanol–water partition coefficient (Wildman–Crippen LogP) is 8.27. The van der Waals surface area contributed by atoms with Crippen molar-refractivity contribution in [3.8, 4) is 11.3 Å².